The maximum absolute atomic E-state index is 12.8. The molecule has 1 aromatic carbocycles. The topological polar surface area (TPSA) is 95.7 Å². The van der Waals surface area contributed by atoms with Crippen molar-refractivity contribution in [1.29, 1.82) is 0 Å². The lowest BCUT2D eigenvalue weighted by molar-refractivity contribution is 0.358. The minimum absolute atomic E-state index is 0.175. The highest BCUT2D eigenvalue weighted by Crippen LogP contribution is 2.36. The maximum Gasteiger partial charge on any atom is 0.270 e. The van der Waals surface area contributed by atoms with E-state index >= 15 is 0 Å². The predicted octanol–water partition coefficient (Wildman–Crippen LogP) is 2.09. The summed E-state index contributed by atoms with van der Waals surface area (Å²) in [5, 5.41) is 8.47. The molecule has 0 radical (unpaired) electrons. The van der Waals surface area contributed by atoms with Crippen LogP contribution >= 0.6 is 0 Å². The van der Waals surface area contributed by atoms with Crippen LogP contribution in [0.25, 0.3) is 0 Å². The summed E-state index contributed by atoms with van der Waals surface area (Å²) in [6.07, 6.45) is 1.65. The number of H-pyrrole nitrogens is 3. The minimum atomic E-state index is -0.559. The maximum atomic E-state index is 12.8. The number of aromatic amines is 3. The molecule has 3 N–H and O–H groups in total. The Labute approximate surface area is 150 Å². The van der Waals surface area contributed by atoms with Gasteiger partial charge in [-0.2, -0.15) is 0 Å². The highest BCUT2D eigenvalue weighted by molar-refractivity contribution is 5.50. The van der Waals surface area contributed by atoms with Crippen LogP contribution in [0.4, 0.5) is 0 Å². The normalized spacial score (nSPS) is 12.1. The molecule has 0 saturated carbocycles. The molecule has 0 fully saturated rings. The number of hydrogen-bond donors (Lipinski definition) is 3. The Bertz CT molecular complexity index is 1050. The van der Waals surface area contributed by atoms with Crippen molar-refractivity contribution in [3.05, 3.63) is 85.7 Å². The van der Waals surface area contributed by atoms with Gasteiger partial charge in [0.05, 0.1) is 17.0 Å². The standard InChI is InChI=1S/C19H22N4O3/c1-5-10-26-14-9-7-6-8-13(14)17(15-11(2)20-21-18(15)24)16-12(3)22-23(4)19(16)25/h5-9,17,22H,1,10H2,2-4H3,(H2,20,21,24)/t17-/m1/s1. The molecule has 0 amide bonds. The van der Waals surface area contributed by atoms with Gasteiger partial charge in [0.1, 0.15) is 12.4 Å². The molecule has 0 saturated heterocycles. The van der Waals surface area contributed by atoms with Crippen molar-refractivity contribution in [3.8, 4) is 5.75 Å². The van der Waals surface area contributed by atoms with Crippen LogP contribution in [0.2, 0.25) is 0 Å². The third-order valence-corrected chi connectivity index (χ3v) is 4.45. The monoisotopic (exact) mass is 354 g/mol. The zero-order chi connectivity index (χ0) is 18.8. The van der Waals surface area contributed by atoms with Crippen molar-refractivity contribution in [3.63, 3.8) is 0 Å². The second-order valence-corrected chi connectivity index (χ2v) is 6.20. The van der Waals surface area contributed by atoms with Crippen molar-refractivity contribution in [2.45, 2.75) is 19.8 Å². The third kappa shape index (κ3) is 2.92. The molecule has 26 heavy (non-hydrogen) atoms. The first-order valence-corrected chi connectivity index (χ1v) is 8.31. The number of nitrogens with zero attached hydrogens (tertiary/aromatic N) is 1. The van der Waals surface area contributed by atoms with Gasteiger partial charge in [-0.05, 0) is 19.9 Å². The summed E-state index contributed by atoms with van der Waals surface area (Å²) in [5.41, 5.74) is 2.74. The highest BCUT2D eigenvalue weighted by Gasteiger charge is 2.30. The molecule has 3 rings (SSSR count). The largest absolute Gasteiger partial charge is 0.489 e. The van der Waals surface area contributed by atoms with Crippen LogP contribution in [0.15, 0.2) is 46.5 Å². The zero-order valence-corrected chi connectivity index (χ0v) is 15.1. The number of aromatic nitrogens is 4. The molecule has 1 atom stereocenters. The average molecular weight is 354 g/mol. The van der Waals surface area contributed by atoms with Gasteiger partial charge >= 0.3 is 0 Å². The molecule has 0 spiro atoms. The number of nitrogens with one attached hydrogen (secondary N) is 3. The zero-order valence-electron chi connectivity index (χ0n) is 15.1. The van der Waals surface area contributed by atoms with Crippen LogP contribution in [0, 0.1) is 13.8 Å². The average Bonchev–Trinajstić information content (AvgIpc) is 3.08. The lowest BCUT2D eigenvalue weighted by Crippen LogP contribution is -2.23. The quantitative estimate of drug-likeness (QED) is 0.592. The summed E-state index contributed by atoms with van der Waals surface area (Å²) in [6.45, 7) is 7.64. The number of ether oxygens (including phenoxy) is 1. The highest BCUT2D eigenvalue weighted by atomic mass is 16.5. The van der Waals surface area contributed by atoms with Crippen LogP contribution in [0.3, 0.4) is 0 Å². The summed E-state index contributed by atoms with van der Waals surface area (Å²) < 4.78 is 7.21. The van der Waals surface area contributed by atoms with Crippen LogP contribution in [0.1, 0.15) is 34.0 Å². The van der Waals surface area contributed by atoms with E-state index < -0.39 is 5.92 Å². The summed E-state index contributed by atoms with van der Waals surface area (Å²) >= 11 is 0. The summed E-state index contributed by atoms with van der Waals surface area (Å²) in [5.74, 6) is 0.0519. The van der Waals surface area contributed by atoms with Gasteiger partial charge in [-0.25, -0.2) is 0 Å². The molecular formula is C19H22N4O3. The van der Waals surface area contributed by atoms with Crippen molar-refractivity contribution < 1.29 is 4.74 Å². The van der Waals surface area contributed by atoms with Crippen LogP contribution in [-0.4, -0.2) is 26.6 Å². The van der Waals surface area contributed by atoms with E-state index in [1.165, 1.54) is 4.68 Å². The van der Waals surface area contributed by atoms with E-state index in [1.54, 1.807) is 20.0 Å². The van der Waals surface area contributed by atoms with E-state index in [0.717, 1.165) is 5.56 Å². The lowest BCUT2D eigenvalue weighted by atomic mass is 9.85. The molecule has 136 valence electrons. The van der Waals surface area contributed by atoms with E-state index in [2.05, 4.69) is 21.9 Å². The number of aryl methyl sites for hydroxylation is 3. The smallest absolute Gasteiger partial charge is 0.270 e. The summed E-state index contributed by atoms with van der Waals surface area (Å²) in [7, 11) is 1.66. The molecule has 0 aliphatic carbocycles. The molecule has 7 heteroatoms. The van der Waals surface area contributed by atoms with Gasteiger partial charge in [0.25, 0.3) is 11.1 Å². The Morgan fingerprint density at radius 3 is 2.46 bits per heavy atom. The Hall–Kier alpha value is -3.22. The van der Waals surface area contributed by atoms with Gasteiger partial charge in [0.15, 0.2) is 0 Å². The number of hydrogen-bond acceptors (Lipinski definition) is 3. The molecular weight excluding hydrogens is 332 g/mol. The molecule has 0 aliphatic rings. The van der Waals surface area contributed by atoms with E-state index in [4.69, 9.17) is 4.74 Å². The van der Waals surface area contributed by atoms with Crippen molar-refractivity contribution >= 4 is 0 Å². The van der Waals surface area contributed by atoms with Crippen molar-refractivity contribution in [2.24, 2.45) is 7.05 Å². The third-order valence-electron chi connectivity index (χ3n) is 4.45. The Balaban J connectivity index is 2.32. The molecule has 2 aromatic heterocycles. The second kappa shape index (κ2) is 6.95. The molecule has 7 nitrogen and oxygen atoms in total. The first kappa shape index (κ1) is 17.6. The van der Waals surface area contributed by atoms with Gasteiger partial charge in [0.2, 0.25) is 0 Å². The van der Waals surface area contributed by atoms with Crippen molar-refractivity contribution in [2.75, 3.05) is 6.61 Å². The van der Waals surface area contributed by atoms with Crippen LogP contribution in [-0.2, 0) is 7.05 Å². The number of rotatable bonds is 6. The fourth-order valence-corrected chi connectivity index (χ4v) is 3.30. The van der Waals surface area contributed by atoms with Gasteiger partial charge in [-0.3, -0.25) is 24.5 Å². The Morgan fingerprint density at radius 2 is 1.88 bits per heavy atom. The van der Waals surface area contributed by atoms with Gasteiger partial charge in [-0.1, -0.05) is 30.9 Å². The molecule has 0 aliphatic heterocycles. The Kier molecular flexibility index (Phi) is 4.71. The van der Waals surface area contributed by atoms with Gasteiger partial charge < -0.3 is 9.84 Å². The van der Waals surface area contributed by atoms with Crippen molar-refractivity contribution in [1.82, 2.24) is 20.0 Å². The molecule has 0 bridgehead atoms. The van der Waals surface area contributed by atoms with E-state index in [9.17, 15) is 9.59 Å². The number of benzene rings is 1. The summed E-state index contributed by atoms with van der Waals surface area (Å²) in [6, 6.07) is 7.43. The SMILES string of the molecule is C=CCOc1ccccc1[C@H](c1c(C)[nH][nH]c1=O)c1c(C)[nH]n(C)c1=O. The molecule has 3 aromatic rings. The van der Waals surface area contributed by atoms with E-state index in [0.29, 0.717) is 34.9 Å². The van der Waals surface area contributed by atoms with Gasteiger partial charge in [0, 0.05) is 24.0 Å². The van der Waals surface area contributed by atoms with E-state index in [1.807, 2.05) is 31.2 Å². The van der Waals surface area contributed by atoms with Crippen LogP contribution < -0.4 is 15.9 Å². The van der Waals surface area contributed by atoms with Gasteiger partial charge in [-0.15, -0.1) is 0 Å². The Morgan fingerprint density at radius 1 is 1.15 bits per heavy atom. The first-order chi connectivity index (χ1) is 12.5. The fourth-order valence-electron chi connectivity index (χ4n) is 3.30. The van der Waals surface area contributed by atoms with Crippen LogP contribution in [0.5, 0.6) is 5.75 Å². The first-order valence-electron chi connectivity index (χ1n) is 8.31. The molecule has 0 unspecified atom stereocenters. The predicted molar refractivity (Wildman–Crippen MR) is 100 cm³/mol. The minimum Gasteiger partial charge on any atom is -0.489 e. The number of para-hydroxylation sites is 1. The molecule has 2 heterocycles. The second-order valence-electron chi connectivity index (χ2n) is 6.20. The van der Waals surface area contributed by atoms with E-state index in [-0.39, 0.29) is 11.1 Å². The summed E-state index contributed by atoms with van der Waals surface area (Å²) in [4.78, 5) is 25.3. The lowest BCUT2D eigenvalue weighted by Gasteiger charge is -2.19. The fraction of sp³-hybridized carbons (Fsp3) is 0.263.